The minimum atomic E-state index is 0.654. The first kappa shape index (κ1) is 15.1. The van der Waals surface area contributed by atoms with Crippen LogP contribution in [0.25, 0.3) is 0 Å². The van der Waals surface area contributed by atoms with E-state index < -0.39 is 0 Å². The van der Waals surface area contributed by atoms with Crippen molar-refractivity contribution < 1.29 is 4.74 Å². The minimum Gasteiger partial charge on any atom is -0.481 e. The van der Waals surface area contributed by atoms with E-state index in [1.807, 2.05) is 25.2 Å². The quantitative estimate of drug-likeness (QED) is 0.687. The smallest absolute Gasteiger partial charge is 0.213 e. The van der Waals surface area contributed by atoms with E-state index in [2.05, 4.69) is 20.2 Å². The van der Waals surface area contributed by atoms with Crippen LogP contribution in [-0.4, -0.2) is 43.1 Å². The summed E-state index contributed by atoms with van der Waals surface area (Å²) in [6.07, 6.45) is 5.56. The zero-order valence-electron chi connectivity index (χ0n) is 13.6. The molecule has 1 aliphatic heterocycles. The van der Waals surface area contributed by atoms with Crippen molar-refractivity contribution in [2.75, 3.05) is 27.2 Å². The number of ether oxygens (including phenoxy) is 1. The Morgan fingerprint density at radius 1 is 1.32 bits per heavy atom. The lowest BCUT2D eigenvalue weighted by molar-refractivity contribution is 0.299. The molecule has 22 heavy (non-hydrogen) atoms. The highest BCUT2D eigenvalue weighted by Crippen LogP contribution is 2.35. The molecule has 0 bridgehead atoms. The lowest BCUT2D eigenvalue weighted by Gasteiger charge is -2.22. The van der Waals surface area contributed by atoms with Crippen LogP contribution in [0.4, 0.5) is 0 Å². The number of nitrogens with one attached hydrogen (secondary N) is 1. The van der Waals surface area contributed by atoms with Crippen LogP contribution in [0.3, 0.4) is 0 Å². The second kappa shape index (κ2) is 6.99. The summed E-state index contributed by atoms with van der Waals surface area (Å²) < 4.78 is 5.17. The Bertz CT molecular complexity index is 517. The van der Waals surface area contributed by atoms with E-state index in [1.165, 1.54) is 25.7 Å². The average molecular weight is 302 g/mol. The van der Waals surface area contributed by atoms with Crippen LogP contribution >= 0.6 is 0 Å². The molecule has 2 atom stereocenters. The van der Waals surface area contributed by atoms with Crippen molar-refractivity contribution in [1.82, 2.24) is 15.2 Å². The molecule has 1 saturated heterocycles. The first-order valence-electron chi connectivity index (χ1n) is 8.25. The number of hydrogen-bond donors (Lipinski definition) is 1. The van der Waals surface area contributed by atoms with Crippen LogP contribution in [0.5, 0.6) is 5.88 Å². The van der Waals surface area contributed by atoms with Gasteiger partial charge in [0.25, 0.3) is 0 Å². The van der Waals surface area contributed by atoms with E-state index in [0.717, 1.165) is 36.6 Å². The standard InChI is InChI=1S/C17H26N4O/c1-18-17(19-10-15-8-5-9-16(20-15)22-2)21-11-13-6-3-4-7-14(13)12-21/h5,8-9,13-14H,3-4,6-7,10-12H2,1-2H3,(H,18,19). The van der Waals surface area contributed by atoms with Gasteiger partial charge in [-0.2, -0.15) is 0 Å². The van der Waals surface area contributed by atoms with Crippen molar-refractivity contribution in [2.45, 2.75) is 32.2 Å². The van der Waals surface area contributed by atoms with Crippen LogP contribution in [-0.2, 0) is 6.54 Å². The summed E-state index contributed by atoms with van der Waals surface area (Å²) in [7, 11) is 3.51. The number of likely N-dealkylation sites (tertiary alicyclic amines) is 1. The largest absolute Gasteiger partial charge is 0.481 e. The molecule has 5 nitrogen and oxygen atoms in total. The first-order valence-corrected chi connectivity index (χ1v) is 8.25. The van der Waals surface area contributed by atoms with Gasteiger partial charge in [0.1, 0.15) is 0 Å². The number of pyridine rings is 1. The number of aromatic nitrogens is 1. The normalized spacial score (nSPS) is 25.0. The zero-order chi connectivity index (χ0) is 15.4. The predicted molar refractivity (Wildman–Crippen MR) is 88.0 cm³/mol. The molecule has 120 valence electrons. The fraction of sp³-hybridized carbons (Fsp3) is 0.647. The summed E-state index contributed by atoms with van der Waals surface area (Å²) in [4.78, 5) is 11.3. The van der Waals surface area contributed by atoms with Gasteiger partial charge in [-0.05, 0) is 30.7 Å². The predicted octanol–water partition coefficient (Wildman–Crippen LogP) is 2.29. The molecule has 0 radical (unpaired) electrons. The zero-order valence-corrected chi connectivity index (χ0v) is 13.6. The lowest BCUT2D eigenvalue weighted by Crippen LogP contribution is -2.40. The number of fused-ring (bicyclic) bond motifs is 1. The molecule has 0 aromatic carbocycles. The number of methoxy groups -OCH3 is 1. The van der Waals surface area contributed by atoms with Crippen molar-refractivity contribution in [3.05, 3.63) is 23.9 Å². The Morgan fingerprint density at radius 2 is 2.05 bits per heavy atom. The summed E-state index contributed by atoms with van der Waals surface area (Å²) in [5.41, 5.74) is 0.970. The molecular formula is C17H26N4O. The van der Waals surface area contributed by atoms with E-state index in [4.69, 9.17) is 4.74 Å². The Balaban J connectivity index is 1.58. The van der Waals surface area contributed by atoms with Crippen molar-refractivity contribution >= 4 is 5.96 Å². The highest BCUT2D eigenvalue weighted by atomic mass is 16.5. The number of nitrogens with zero attached hydrogens (tertiary/aromatic N) is 3. The van der Waals surface area contributed by atoms with Gasteiger partial charge in [0.05, 0.1) is 19.3 Å². The maximum absolute atomic E-state index is 5.17. The van der Waals surface area contributed by atoms with E-state index >= 15 is 0 Å². The molecule has 1 aromatic rings. The van der Waals surface area contributed by atoms with Crippen LogP contribution in [0.15, 0.2) is 23.2 Å². The van der Waals surface area contributed by atoms with Gasteiger partial charge in [-0.25, -0.2) is 4.98 Å². The molecule has 2 fully saturated rings. The summed E-state index contributed by atoms with van der Waals surface area (Å²) in [6.45, 7) is 2.97. The van der Waals surface area contributed by atoms with Gasteiger partial charge in [0.2, 0.25) is 5.88 Å². The second-order valence-corrected chi connectivity index (χ2v) is 6.28. The van der Waals surface area contributed by atoms with Crippen LogP contribution in [0, 0.1) is 11.8 Å². The first-order chi connectivity index (χ1) is 10.8. The fourth-order valence-electron chi connectivity index (χ4n) is 3.75. The van der Waals surface area contributed by atoms with E-state index in [-0.39, 0.29) is 0 Å². The average Bonchev–Trinajstić information content (AvgIpc) is 2.99. The van der Waals surface area contributed by atoms with Gasteiger partial charge < -0.3 is 15.0 Å². The SMILES string of the molecule is CN=C(NCc1cccc(OC)n1)N1CC2CCCCC2C1. The summed E-state index contributed by atoms with van der Waals surface area (Å²) in [5, 5.41) is 3.45. The molecule has 5 heteroatoms. The number of guanidine groups is 1. The van der Waals surface area contributed by atoms with Crippen LogP contribution in [0.1, 0.15) is 31.4 Å². The third-order valence-corrected chi connectivity index (χ3v) is 4.91. The maximum atomic E-state index is 5.17. The van der Waals surface area contributed by atoms with Crippen molar-refractivity contribution in [3.63, 3.8) is 0 Å². The molecule has 0 amide bonds. The molecule has 3 rings (SSSR count). The highest BCUT2D eigenvalue weighted by molar-refractivity contribution is 5.80. The Hall–Kier alpha value is -1.78. The Morgan fingerprint density at radius 3 is 2.68 bits per heavy atom. The van der Waals surface area contributed by atoms with Crippen LogP contribution in [0.2, 0.25) is 0 Å². The van der Waals surface area contributed by atoms with Crippen molar-refractivity contribution in [3.8, 4) is 5.88 Å². The summed E-state index contributed by atoms with van der Waals surface area (Å²) in [5.74, 6) is 3.38. The molecule has 1 saturated carbocycles. The van der Waals surface area contributed by atoms with Gasteiger partial charge in [0.15, 0.2) is 5.96 Å². The maximum Gasteiger partial charge on any atom is 0.213 e. The lowest BCUT2D eigenvalue weighted by atomic mass is 9.82. The Labute approximate surface area is 132 Å². The van der Waals surface area contributed by atoms with Gasteiger partial charge in [-0.15, -0.1) is 0 Å². The van der Waals surface area contributed by atoms with Crippen molar-refractivity contribution in [2.24, 2.45) is 16.8 Å². The topological polar surface area (TPSA) is 49.8 Å². The number of hydrogen-bond acceptors (Lipinski definition) is 3. The van der Waals surface area contributed by atoms with Crippen molar-refractivity contribution in [1.29, 1.82) is 0 Å². The Kier molecular flexibility index (Phi) is 4.80. The minimum absolute atomic E-state index is 0.654. The summed E-state index contributed by atoms with van der Waals surface area (Å²) >= 11 is 0. The molecule has 1 N–H and O–H groups in total. The number of rotatable bonds is 3. The number of aliphatic imine (C=N–C) groups is 1. The third kappa shape index (κ3) is 3.34. The third-order valence-electron chi connectivity index (χ3n) is 4.91. The fourth-order valence-corrected chi connectivity index (χ4v) is 3.75. The van der Waals surface area contributed by atoms with Crippen LogP contribution < -0.4 is 10.1 Å². The molecular weight excluding hydrogens is 276 g/mol. The van der Waals surface area contributed by atoms with E-state index in [9.17, 15) is 0 Å². The van der Waals surface area contributed by atoms with Gasteiger partial charge in [-0.1, -0.05) is 18.9 Å². The van der Waals surface area contributed by atoms with E-state index in [0.29, 0.717) is 12.4 Å². The molecule has 0 spiro atoms. The highest BCUT2D eigenvalue weighted by Gasteiger charge is 2.35. The van der Waals surface area contributed by atoms with Gasteiger partial charge in [0, 0.05) is 26.2 Å². The molecule has 2 aliphatic rings. The molecule has 2 unspecified atom stereocenters. The van der Waals surface area contributed by atoms with E-state index in [1.54, 1.807) is 7.11 Å². The molecule has 1 aliphatic carbocycles. The summed E-state index contributed by atoms with van der Waals surface area (Å²) in [6, 6.07) is 5.84. The molecule has 1 aromatic heterocycles. The molecule has 2 heterocycles. The van der Waals surface area contributed by atoms with Gasteiger partial charge >= 0.3 is 0 Å². The second-order valence-electron chi connectivity index (χ2n) is 6.28. The van der Waals surface area contributed by atoms with Gasteiger partial charge in [-0.3, -0.25) is 4.99 Å². The monoisotopic (exact) mass is 302 g/mol.